The Morgan fingerprint density at radius 2 is 1.95 bits per heavy atom. The fourth-order valence-electron chi connectivity index (χ4n) is 2.68. The molecule has 1 fully saturated rings. The zero-order valence-corrected chi connectivity index (χ0v) is 12.8. The molecule has 1 saturated heterocycles. The van der Waals surface area contributed by atoms with E-state index in [0.717, 1.165) is 18.7 Å². The molecular weight excluding hydrogens is 278 g/mol. The molecule has 2 unspecified atom stereocenters. The molecule has 0 N–H and O–H groups in total. The molecule has 2 atom stereocenters. The molecule has 1 aliphatic heterocycles. The van der Waals surface area contributed by atoms with E-state index < -0.39 is 0 Å². The quantitative estimate of drug-likeness (QED) is 0.636. The van der Waals surface area contributed by atoms with Gasteiger partial charge in [0, 0.05) is 48.9 Å². The first-order valence-corrected chi connectivity index (χ1v) is 7.13. The number of halogens is 1. The lowest BCUT2D eigenvalue weighted by Gasteiger charge is -2.42. The molecule has 1 aliphatic rings. The normalized spacial score (nSPS) is 24.8. The second-order valence-electron chi connectivity index (χ2n) is 5.59. The largest absolute Gasteiger partial charge is 0.298 e. The zero-order valence-electron chi connectivity index (χ0n) is 12.0. The number of benzene rings is 1. The second-order valence-corrected chi connectivity index (χ2v) is 6.00. The van der Waals surface area contributed by atoms with Gasteiger partial charge in [0.2, 0.25) is 0 Å². The number of nitrogens with zero attached hydrogens (tertiary/aromatic N) is 3. The molecule has 0 saturated carbocycles. The molecule has 5 nitrogen and oxygen atoms in total. The van der Waals surface area contributed by atoms with E-state index in [1.807, 2.05) is 0 Å². The lowest BCUT2D eigenvalue weighted by molar-refractivity contribution is -0.384. The first-order chi connectivity index (χ1) is 9.38. The van der Waals surface area contributed by atoms with E-state index in [1.54, 1.807) is 12.1 Å². The summed E-state index contributed by atoms with van der Waals surface area (Å²) in [5.41, 5.74) is 0.921. The third-order valence-corrected chi connectivity index (χ3v) is 4.44. The summed E-state index contributed by atoms with van der Waals surface area (Å²) in [6.45, 7) is 6.93. The fraction of sp³-hybridized carbons (Fsp3) is 0.571. The van der Waals surface area contributed by atoms with Gasteiger partial charge in [0.15, 0.2) is 0 Å². The molecule has 20 heavy (non-hydrogen) atoms. The van der Waals surface area contributed by atoms with Crippen molar-refractivity contribution >= 4 is 17.3 Å². The standard InChI is InChI=1S/C14H20ClN3O2/c1-10-7-17(8-11(2)16(10)3)9-12-6-13(18(19)20)4-5-14(12)15/h4-6,10-11H,7-9H2,1-3H3. The molecule has 1 aromatic carbocycles. The third kappa shape index (κ3) is 3.29. The molecule has 0 bridgehead atoms. The minimum absolute atomic E-state index is 0.0969. The van der Waals surface area contributed by atoms with Crippen LogP contribution in [-0.2, 0) is 6.54 Å². The van der Waals surface area contributed by atoms with Crippen LogP contribution in [0, 0.1) is 10.1 Å². The van der Waals surface area contributed by atoms with Gasteiger partial charge in [0.05, 0.1) is 4.92 Å². The van der Waals surface area contributed by atoms with Crippen LogP contribution in [0.4, 0.5) is 5.69 Å². The Morgan fingerprint density at radius 1 is 1.35 bits per heavy atom. The maximum atomic E-state index is 10.8. The summed E-state index contributed by atoms with van der Waals surface area (Å²) in [7, 11) is 2.13. The van der Waals surface area contributed by atoms with Crippen LogP contribution in [0.5, 0.6) is 0 Å². The Hall–Kier alpha value is -1.17. The van der Waals surface area contributed by atoms with Crippen molar-refractivity contribution in [2.45, 2.75) is 32.5 Å². The third-order valence-electron chi connectivity index (χ3n) is 4.07. The molecule has 0 radical (unpaired) electrons. The highest BCUT2D eigenvalue weighted by Gasteiger charge is 2.26. The summed E-state index contributed by atoms with van der Waals surface area (Å²) in [4.78, 5) is 15.1. The first-order valence-electron chi connectivity index (χ1n) is 6.75. The highest BCUT2D eigenvalue weighted by atomic mass is 35.5. The van der Waals surface area contributed by atoms with Crippen LogP contribution in [0.3, 0.4) is 0 Å². The van der Waals surface area contributed by atoms with Crippen molar-refractivity contribution in [2.75, 3.05) is 20.1 Å². The Bertz CT molecular complexity index is 497. The summed E-state index contributed by atoms with van der Waals surface area (Å²) in [6.07, 6.45) is 0. The van der Waals surface area contributed by atoms with Crippen molar-refractivity contribution in [3.8, 4) is 0 Å². The van der Waals surface area contributed by atoms with E-state index in [4.69, 9.17) is 11.6 Å². The van der Waals surface area contributed by atoms with Crippen LogP contribution >= 0.6 is 11.6 Å². The second kappa shape index (κ2) is 6.08. The number of hydrogen-bond acceptors (Lipinski definition) is 4. The summed E-state index contributed by atoms with van der Waals surface area (Å²) >= 11 is 6.16. The van der Waals surface area contributed by atoms with Crippen LogP contribution in [0.15, 0.2) is 18.2 Å². The van der Waals surface area contributed by atoms with Crippen LogP contribution in [0.2, 0.25) is 5.02 Å². The van der Waals surface area contributed by atoms with Gasteiger partial charge in [-0.1, -0.05) is 11.6 Å². The topological polar surface area (TPSA) is 49.6 Å². The Balaban J connectivity index is 2.14. The maximum Gasteiger partial charge on any atom is 0.269 e. The van der Waals surface area contributed by atoms with Crippen molar-refractivity contribution in [1.82, 2.24) is 9.80 Å². The van der Waals surface area contributed by atoms with E-state index >= 15 is 0 Å². The van der Waals surface area contributed by atoms with Gasteiger partial charge in [-0.2, -0.15) is 0 Å². The van der Waals surface area contributed by atoms with Crippen molar-refractivity contribution in [1.29, 1.82) is 0 Å². The highest BCUT2D eigenvalue weighted by Crippen LogP contribution is 2.25. The lowest BCUT2D eigenvalue weighted by atomic mass is 10.1. The van der Waals surface area contributed by atoms with Crippen LogP contribution < -0.4 is 0 Å². The van der Waals surface area contributed by atoms with Gasteiger partial charge >= 0.3 is 0 Å². The number of rotatable bonds is 3. The Kier molecular flexibility index (Phi) is 4.62. The van der Waals surface area contributed by atoms with E-state index in [1.165, 1.54) is 6.07 Å². The van der Waals surface area contributed by atoms with Crippen LogP contribution in [0.1, 0.15) is 19.4 Å². The zero-order chi connectivity index (χ0) is 14.9. The Morgan fingerprint density at radius 3 is 2.50 bits per heavy atom. The van der Waals surface area contributed by atoms with Crippen molar-refractivity contribution in [3.05, 3.63) is 38.9 Å². The highest BCUT2D eigenvalue weighted by molar-refractivity contribution is 6.31. The van der Waals surface area contributed by atoms with Gasteiger partial charge in [-0.25, -0.2) is 0 Å². The maximum absolute atomic E-state index is 10.8. The predicted octanol–water partition coefficient (Wildman–Crippen LogP) is 2.77. The van der Waals surface area contributed by atoms with Gasteiger partial charge in [-0.05, 0) is 32.5 Å². The smallest absolute Gasteiger partial charge is 0.269 e. The van der Waals surface area contributed by atoms with E-state index in [0.29, 0.717) is 23.7 Å². The molecule has 6 heteroatoms. The molecule has 1 heterocycles. The molecule has 1 aromatic rings. The summed E-state index contributed by atoms with van der Waals surface area (Å²) < 4.78 is 0. The molecular formula is C14H20ClN3O2. The molecule has 0 spiro atoms. The van der Waals surface area contributed by atoms with Gasteiger partial charge in [0.25, 0.3) is 5.69 Å². The van der Waals surface area contributed by atoms with Crippen LogP contribution in [0.25, 0.3) is 0 Å². The van der Waals surface area contributed by atoms with Crippen molar-refractivity contribution in [2.24, 2.45) is 0 Å². The lowest BCUT2D eigenvalue weighted by Crippen LogP contribution is -2.54. The molecule has 110 valence electrons. The monoisotopic (exact) mass is 297 g/mol. The SMILES string of the molecule is CC1CN(Cc2cc([N+](=O)[O-])ccc2Cl)CC(C)N1C. The van der Waals surface area contributed by atoms with Crippen molar-refractivity contribution < 1.29 is 4.92 Å². The minimum atomic E-state index is -0.380. The average Bonchev–Trinajstić information content (AvgIpc) is 2.38. The molecule has 2 rings (SSSR count). The van der Waals surface area contributed by atoms with E-state index in [9.17, 15) is 10.1 Å². The van der Waals surface area contributed by atoms with Gasteiger partial charge in [0.1, 0.15) is 0 Å². The van der Waals surface area contributed by atoms with Crippen molar-refractivity contribution in [3.63, 3.8) is 0 Å². The average molecular weight is 298 g/mol. The Labute approximate surface area is 124 Å². The van der Waals surface area contributed by atoms with E-state index in [2.05, 4.69) is 30.7 Å². The number of piperazine rings is 1. The van der Waals surface area contributed by atoms with Gasteiger partial charge in [-0.3, -0.25) is 19.9 Å². The minimum Gasteiger partial charge on any atom is -0.298 e. The van der Waals surface area contributed by atoms with Gasteiger partial charge in [-0.15, -0.1) is 0 Å². The number of hydrogen-bond donors (Lipinski definition) is 0. The molecule has 0 aliphatic carbocycles. The summed E-state index contributed by atoms with van der Waals surface area (Å²) in [5, 5.41) is 11.4. The molecule has 0 amide bonds. The first kappa shape index (κ1) is 15.2. The summed E-state index contributed by atoms with van der Waals surface area (Å²) in [5.74, 6) is 0. The van der Waals surface area contributed by atoms with Gasteiger partial charge < -0.3 is 0 Å². The number of nitro groups is 1. The number of non-ortho nitro benzene ring substituents is 1. The fourth-order valence-corrected chi connectivity index (χ4v) is 2.86. The van der Waals surface area contributed by atoms with Crippen LogP contribution in [-0.4, -0.2) is 46.9 Å². The number of nitro benzene ring substituents is 1. The number of likely N-dealkylation sites (N-methyl/N-ethyl adjacent to an activating group) is 1. The van der Waals surface area contributed by atoms with E-state index in [-0.39, 0.29) is 10.6 Å². The summed E-state index contributed by atoms with van der Waals surface area (Å²) in [6, 6.07) is 5.57. The predicted molar refractivity (Wildman–Crippen MR) is 80.1 cm³/mol. The molecule has 0 aromatic heterocycles.